The number of thiol groups is 1. The molecule has 11 nitrogen and oxygen atoms in total. The van der Waals surface area contributed by atoms with E-state index in [0.717, 1.165) is 0 Å². The fourth-order valence-corrected chi connectivity index (χ4v) is 0.150. The van der Waals surface area contributed by atoms with Gasteiger partial charge in [-0.3, -0.25) is 4.79 Å². The Morgan fingerprint density at radius 3 is 0.806 bits per heavy atom. The monoisotopic (exact) mass is 470 g/mol. The molecule has 0 aromatic carbocycles. The highest BCUT2D eigenvalue weighted by molar-refractivity contribution is 7.81. The molecule has 0 unspecified atom stereocenters. The molecule has 0 aliphatic heterocycles. The van der Waals surface area contributed by atoms with Crippen LogP contribution in [0.4, 0.5) is 0 Å². The summed E-state index contributed by atoms with van der Waals surface area (Å²) >= 11 is 3.42. The fourth-order valence-electron chi connectivity index (χ4n) is 0.150. The molecule has 0 radical (unpaired) electrons. The first-order valence-electron chi connectivity index (χ1n) is 8.20. The molecule has 0 fully saturated rings. The van der Waals surface area contributed by atoms with Crippen LogP contribution in [0, 0.1) is 5.41 Å². The average molecular weight is 471 g/mol. The first-order valence-corrected chi connectivity index (χ1v) is 8.83. The van der Waals surface area contributed by atoms with E-state index in [-0.39, 0.29) is 42.3 Å². The second-order valence-corrected chi connectivity index (χ2v) is 6.41. The predicted octanol–water partition coefficient (Wildman–Crippen LogP) is 0.912. The summed E-state index contributed by atoms with van der Waals surface area (Å²) in [4.78, 5) is 38.1. The Kier molecular flexibility index (Phi) is 29.6. The largest absolute Gasteiger partial charge is 0.481 e. The zero-order chi connectivity index (χ0) is 26.4. The van der Waals surface area contributed by atoms with Crippen molar-refractivity contribution in [1.29, 1.82) is 0 Å². The highest BCUT2D eigenvalue weighted by Crippen LogP contribution is 2.10. The molecule has 0 amide bonds. The lowest BCUT2D eigenvalue weighted by Gasteiger charge is -2.20. The van der Waals surface area contributed by atoms with Gasteiger partial charge >= 0.3 is 23.9 Å². The number of rotatable bonds is 7. The Bertz CT molecular complexity index is 492. The minimum Gasteiger partial charge on any atom is -0.481 e. The lowest BCUT2D eigenvalue weighted by Crippen LogP contribution is -2.29. The van der Waals surface area contributed by atoms with Crippen LogP contribution in [0.25, 0.3) is 0 Å². The van der Waals surface area contributed by atoms with Gasteiger partial charge in [-0.25, -0.2) is 14.4 Å². The lowest BCUT2D eigenvalue weighted by atomic mass is 9.95. The van der Waals surface area contributed by atoms with Gasteiger partial charge in [-0.05, 0) is 20.8 Å². The van der Waals surface area contributed by atoms with Crippen molar-refractivity contribution in [1.82, 2.24) is 0 Å². The number of aliphatic hydroxyl groups is 3. The van der Waals surface area contributed by atoms with Gasteiger partial charge in [0, 0.05) is 22.1 Å². The Labute approximate surface area is 187 Å². The van der Waals surface area contributed by atoms with Gasteiger partial charge in [-0.15, -0.1) is 0 Å². The van der Waals surface area contributed by atoms with Gasteiger partial charge < -0.3 is 35.7 Å². The van der Waals surface area contributed by atoms with Crippen LogP contribution in [0.15, 0.2) is 36.5 Å². The van der Waals surface area contributed by atoms with Crippen molar-refractivity contribution in [2.45, 2.75) is 27.7 Å². The molecule has 0 aromatic rings. The molecule has 0 bridgehead atoms. The number of hydrogen-bond acceptors (Lipinski definition) is 8. The van der Waals surface area contributed by atoms with Crippen molar-refractivity contribution in [2.75, 3.05) is 25.6 Å². The van der Waals surface area contributed by atoms with Crippen molar-refractivity contribution in [3.05, 3.63) is 36.5 Å². The van der Waals surface area contributed by atoms with E-state index in [9.17, 15) is 19.2 Å². The summed E-state index contributed by atoms with van der Waals surface area (Å²) in [6, 6.07) is 0. The van der Waals surface area contributed by atoms with Crippen molar-refractivity contribution in [3.8, 4) is 0 Å². The highest BCUT2D eigenvalue weighted by atomic mass is 32.1. The average Bonchev–Trinajstić information content (AvgIpc) is 2.68. The maximum atomic E-state index is 9.60. The van der Waals surface area contributed by atoms with E-state index in [1.807, 2.05) is 0 Å². The molecule has 12 heteroatoms. The smallest absolute Gasteiger partial charge is 0.330 e. The second kappa shape index (κ2) is 23.6. The molecule has 0 saturated carbocycles. The number of carbonyl (C=O) groups is 4. The molecule has 7 N–H and O–H groups in total. The summed E-state index contributed by atoms with van der Waals surface area (Å²) in [5.74, 6) is -3.77. The molecular formula is C19H34O11S. The molecule has 0 rings (SSSR count). The zero-order valence-electron chi connectivity index (χ0n) is 18.2. The third kappa shape index (κ3) is 42.4. The SMILES string of the molecule is C=C(C)C(=O)O.C=C(C)C(=O)O.C=C(C)C(=O)O.CC(CO)(CO)CO.O=C(O)CS. The van der Waals surface area contributed by atoms with E-state index in [1.54, 1.807) is 6.92 Å². The van der Waals surface area contributed by atoms with Gasteiger partial charge in [0.25, 0.3) is 0 Å². The molecule has 0 aromatic heterocycles. The number of carboxylic acid groups (broad SMARTS) is 4. The van der Waals surface area contributed by atoms with Gasteiger partial charge in [0.15, 0.2) is 0 Å². The number of aliphatic carboxylic acids is 4. The summed E-state index contributed by atoms with van der Waals surface area (Å²) in [5.41, 5.74) is -0.181. The molecule has 0 saturated heterocycles. The summed E-state index contributed by atoms with van der Waals surface area (Å²) in [6.07, 6.45) is 0. The number of aliphatic hydroxyl groups excluding tert-OH is 3. The van der Waals surface area contributed by atoms with Crippen LogP contribution in [-0.4, -0.2) is 85.2 Å². The Hall–Kier alpha value is -2.67. The van der Waals surface area contributed by atoms with E-state index in [4.69, 9.17) is 35.7 Å². The van der Waals surface area contributed by atoms with Crippen molar-refractivity contribution < 1.29 is 54.9 Å². The van der Waals surface area contributed by atoms with Crippen molar-refractivity contribution >= 4 is 36.5 Å². The van der Waals surface area contributed by atoms with Crippen molar-refractivity contribution in [2.24, 2.45) is 5.41 Å². The molecule has 182 valence electrons. The van der Waals surface area contributed by atoms with Crippen LogP contribution < -0.4 is 0 Å². The summed E-state index contributed by atoms with van der Waals surface area (Å²) in [5, 5.41) is 56.7. The Morgan fingerprint density at radius 1 is 0.677 bits per heavy atom. The summed E-state index contributed by atoms with van der Waals surface area (Å²) in [6.45, 7) is 14.9. The lowest BCUT2D eigenvalue weighted by molar-refractivity contribution is -0.134. The molecule has 0 spiro atoms. The summed E-state index contributed by atoms with van der Waals surface area (Å²) in [7, 11) is 0. The zero-order valence-corrected chi connectivity index (χ0v) is 19.1. The van der Waals surface area contributed by atoms with Crippen LogP contribution >= 0.6 is 12.6 Å². The van der Waals surface area contributed by atoms with Gasteiger partial charge in [0.1, 0.15) is 0 Å². The molecule has 0 aliphatic rings. The Morgan fingerprint density at radius 2 is 0.806 bits per heavy atom. The molecular weight excluding hydrogens is 436 g/mol. The minimum atomic E-state index is -0.935. The van der Waals surface area contributed by atoms with Crippen LogP contribution in [0.2, 0.25) is 0 Å². The number of carboxylic acids is 4. The predicted molar refractivity (Wildman–Crippen MR) is 118 cm³/mol. The maximum absolute atomic E-state index is 9.60. The van der Waals surface area contributed by atoms with Gasteiger partial charge in [0.05, 0.1) is 25.6 Å². The first-order chi connectivity index (χ1) is 13.9. The molecule has 0 atom stereocenters. The van der Waals surface area contributed by atoms with Crippen LogP contribution in [0.5, 0.6) is 0 Å². The third-order valence-corrected chi connectivity index (χ3v) is 2.65. The fraction of sp³-hybridized carbons (Fsp3) is 0.474. The van der Waals surface area contributed by atoms with Crippen LogP contribution in [-0.2, 0) is 19.2 Å². The van der Waals surface area contributed by atoms with Crippen LogP contribution in [0.1, 0.15) is 27.7 Å². The van der Waals surface area contributed by atoms with E-state index >= 15 is 0 Å². The van der Waals surface area contributed by atoms with Crippen LogP contribution in [0.3, 0.4) is 0 Å². The molecule has 31 heavy (non-hydrogen) atoms. The van der Waals surface area contributed by atoms with Gasteiger partial charge in [0.2, 0.25) is 0 Å². The second-order valence-electron chi connectivity index (χ2n) is 6.09. The topological polar surface area (TPSA) is 210 Å². The normalized spacial score (nSPS) is 8.65. The summed E-state index contributed by atoms with van der Waals surface area (Å²) < 4.78 is 0. The van der Waals surface area contributed by atoms with Gasteiger partial charge in [-0.1, -0.05) is 26.7 Å². The minimum absolute atomic E-state index is 0.0833. The molecule has 0 heterocycles. The van der Waals surface area contributed by atoms with E-state index in [0.29, 0.717) is 0 Å². The third-order valence-electron chi connectivity index (χ3n) is 2.38. The maximum Gasteiger partial charge on any atom is 0.330 e. The van der Waals surface area contributed by atoms with Gasteiger partial charge in [-0.2, -0.15) is 12.6 Å². The highest BCUT2D eigenvalue weighted by Gasteiger charge is 2.20. The van der Waals surface area contributed by atoms with Crippen molar-refractivity contribution in [3.63, 3.8) is 0 Å². The molecule has 0 aliphatic carbocycles. The Balaban J connectivity index is -0.0000000917. The van der Waals surface area contributed by atoms with E-state index < -0.39 is 29.3 Å². The number of hydrogen-bond donors (Lipinski definition) is 8. The first kappa shape index (κ1) is 38.9. The van der Waals surface area contributed by atoms with E-state index in [2.05, 4.69) is 32.4 Å². The standard InChI is InChI=1S/C5H12O3.3C4H6O2.C2H4O2S/c1-5(2-6,3-7)4-8;3*1-3(2)4(5)6;3-2(4)1-5/h6-8H,2-4H2,1H3;3*1H2,2H3,(H,5,6);5H,1H2,(H,3,4). The van der Waals surface area contributed by atoms with E-state index in [1.165, 1.54) is 20.8 Å². The quantitative estimate of drug-likeness (QED) is 0.193.